The van der Waals surface area contributed by atoms with Gasteiger partial charge in [0.25, 0.3) is 7.72 Å². The Balaban J connectivity index is -0.0000000869. The van der Waals surface area contributed by atoms with Gasteiger partial charge in [-0.3, -0.25) is 28.0 Å². The second kappa shape index (κ2) is 65.5. The minimum absolute atomic E-state index is 0. The van der Waals surface area contributed by atoms with Crippen molar-refractivity contribution in [1.29, 1.82) is 5.26 Å². The number of aliphatic imine (C=N–C) groups is 1. The van der Waals surface area contributed by atoms with Crippen molar-refractivity contribution in [3.8, 4) is 5.40 Å². The Morgan fingerprint density at radius 1 is 0.691 bits per heavy atom. The van der Waals surface area contributed by atoms with E-state index in [4.69, 9.17) is 90.1 Å². The van der Waals surface area contributed by atoms with Gasteiger partial charge in [0.1, 0.15) is 12.1 Å². The number of rotatable bonds is 17. The number of thioether (sulfide) groups is 1. The molecule has 18 nitrogen and oxygen atoms in total. The smallest absolute Gasteiger partial charge is 0.338 e. The first-order chi connectivity index (χ1) is 38.3. The fourth-order valence-electron chi connectivity index (χ4n) is 8.32. The predicted molar refractivity (Wildman–Crippen MR) is 364 cm³/mol. The van der Waals surface area contributed by atoms with Crippen molar-refractivity contribution >= 4 is 105 Å². The number of guanidine groups is 1. The molecular formula is C57H91Cl2N8O10P4S3V10-3. The number of nitrogens with two attached hydrogens (primary N) is 3. The Hall–Kier alpha value is 2.95. The summed E-state index contributed by atoms with van der Waals surface area (Å²) in [5.41, 5.74) is 20.4. The molecule has 0 amide bonds. The van der Waals surface area contributed by atoms with Gasteiger partial charge in [0, 0.05) is 258 Å². The largest absolute Gasteiger partial charge is 0.400 e. The van der Waals surface area contributed by atoms with E-state index in [9.17, 15) is 13.7 Å². The van der Waals surface area contributed by atoms with Crippen LogP contribution in [0.15, 0.2) is 126 Å². The van der Waals surface area contributed by atoms with E-state index in [-0.39, 0.29) is 248 Å². The van der Waals surface area contributed by atoms with E-state index in [1.165, 1.54) is 46.8 Å². The van der Waals surface area contributed by atoms with Crippen LogP contribution in [0.1, 0.15) is 83.4 Å². The quantitative estimate of drug-likeness (QED) is 0.0216. The van der Waals surface area contributed by atoms with Crippen LogP contribution in [0.5, 0.6) is 0 Å². The molecule has 0 bridgehead atoms. The van der Waals surface area contributed by atoms with Gasteiger partial charge in [0.2, 0.25) is 0 Å². The van der Waals surface area contributed by atoms with Crippen LogP contribution in [-0.2, 0) is 226 Å². The summed E-state index contributed by atoms with van der Waals surface area (Å²) < 4.78 is 74.5. The first kappa shape index (κ1) is 124. The van der Waals surface area contributed by atoms with Crippen molar-refractivity contribution < 1.29 is 232 Å². The number of nitrogens with zero attached hydrogens (tertiary/aromatic N) is 4. The van der Waals surface area contributed by atoms with Crippen LogP contribution in [0.2, 0.25) is 0 Å². The van der Waals surface area contributed by atoms with Crippen LogP contribution < -0.4 is 22.5 Å². The number of hydrogen-bond acceptors (Lipinski definition) is 18. The molecule has 6 unspecified atom stereocenters. The van der Waals surface area contributed by atoms with Crippen molar-refractivity contribution in [3.05, 3.63) is 173 Å². The van der Waals surface area contributed by atoms with Crippen molar-refractivity contribution in [2.45, 2.75) is 79.3 Å². The summed E-state index contributed by atoms with van der Waals surface area (Å²) in [5.74, 6) is 0.735. The van der Waals surface area contributed by atoms with E-state index in [0.29, 0.717) is 42.5 Å². The predicted octanol–water partition coefficient (Wildman–Crippen LogP) is 14.4. The third-order valence-electron chi connectivity index (χ3n) is 13.1. The second-order valence-electron chi connectivity index (χ2n) is 18.1. The maximum atomic E-state index is 13.3. The molecule has 3 saturated carbocycles. The van der Waals surface area contributed by atoms with E-state index in [2.05, 4.69) is 34.7 Å². The molecule has 1 saturated heterocycles. The normalized spacial score (nSPS) is 18.6. The molecule has 6 atom stereocenters. The van der Waals surface area contributed by atoms with Gasteiger partial charge in [-0.1, -0.05) is 157 Å². The third-order valence-corrected chi connectivity index (χ3v) is 25.6. The molecule has 524 valence electrons. The van der Waals surface area contributed by atoms with Gasteiger partial charge in [-0.05, 0) is 84.8 Å². The molecule has 4 aromatic rings. The Labute approximate surface area is 709 Å². The second-order valence-corrected chi connectivity index (χ2v) is 31.8. The SMILES string of the molecule is CO.COP(=O)(OC)C(CSC#N)c1ccccc1.COP1(=O)C(c2ccccc2)CN=C(N)N1C1CC1.COP1(=O)C(c2ccccc2)CNC(=S)N1C1CC1.CO[P+](C)(OC)C(CN)c1ccccc1.NC1CC1.S=C(Cl)Cl.[CH3-].[CH3-].[CH3-].[CH3-].[V].[V].[V].[V].[V].[V].[V].[V].[V].[V]. The Morgan fingerprint density at radius 3 is 1.35 bits per heavy atom. The van der Waals surface area contributed by atoms with Gasteiger partial charge in [-0.15, -0.1) is 0 Å². The monoisotopic (exact) mass is 1850 g/mol. The minimum Gasteiger partial charge on any atom is -0.400 e. The molecule has 2 aliphatic heterocycles. The summed E-state index contributed by atoms with van der Waals surface area (Å²) in [6.07, 6.45) is 6.61. The molecule has 2 heterocycles. The van der Waals surface area contributed by atoms with Gasteiger partial charge in [-0.2, -0.15) is 5.26 Å². The molecule has 5 aliphatic rings. The minimum atomic E-state index is -3.21. The standard InChI is InChI=1S/C13H18N3O2P.C13H17N2O2PS.C11H14NO3PS.C11H19NO2P.C3H7N.CCl2S.CH4O.4CH3.10V/c1-18-19(17)12(10-5-3-2-4-6-10)9-15-13(14)16(19)11-7-8-11;1-17-18(16)12(10-5-3-2-4-6-10)9-14-13(19)15(18)11-7-8-11;1-14-16(13,15-2)11(8-17-9-12)10-6-4-3-5-7-10;1-13-15(3,14-2)11(9-12)10-7-5-4-6-8-10;4-3-1-2-3;2-1(3)4;1-2;;;;;;;;;;;;;;/h2-6,11-12H,7-9H2,1H3,(H2,14,15);2-6,11-12H,7-9H2,1H3,(H,14,19);3-7,11H,8H2,1-2H3;4-8,11H,9,12H2,1-3H3;3H,1-2,4H2;;2H,1H3;4*1H3;;;;;;;;;;/q;;;+1;;;;4*-1;;;;;;;;;;. The van der Waals surface area contributed by atoms with E-state index in [1.54, 1.807) is 18.9 Å². The number of nitriles is 1. The van der Waals surface area contributed by atoms with E-state index >= 15 is 0 Å². The fourth-order valence-corrected chi connectivity index (χ4v) is 18.4. The molecule has 8 N–H and O–H groups in total. The van der Waals surface area contributed by atoms with E-state index < -0.39 is 36.0 Å². The van der Waals surface area contributed by atoms with Crippen molar-refractivity contribution in [2.75, 3.05) is 81.8 Å². The number of aliphatic hydroxyl groups is 1. The number of thiocyanates is 1. The van der Waals surface area contributed by atoms with Crippen LogP contribution >= 0.6 is 89.8 Å². The fraction of sp³-hybridized carbons (Fsp3) is 0.439. The van der Waals surface area contributed by atoms with Crippen molar-refractivity contribution in [3.63, 3.8) is 0 Å². The summed E-state index contributed by atoms with van der Waals surface area (Å²) in [6, 6.07) is 40.2. The number of thiocarbonyl (C=S) groups is 2. The van der Waals surface area contributed by atoms with Gasteiger partial charge >= 0.3 is 22.6 Å². The first-order valence-corrected chi connectivity index (χ1v) is 35.0. The topological polar surface area (TPSA) is 260 Å². The summed E-state index contributed by atoms with van der Waals surface area (Å²) in [4.78, 5) is 4.34. The molecule has 4 aromatic carbocycles. The Morgan fingerprint density at radius 2 is 1.03 bits per heavy atom. The average molecular weight is 1850 g/mol. The molecule has 0 spiro atoms. The van der Waals surface area contributed by atoms with Crippen molar-refractivity contribution in [1.82, 2.24) is 14.7 Å². The van der Waals surface area contributed by atoms with Crippen LogP contribution in [-0.4, -0.2) is 129 Å². The zero-order chi connectivity index (χ0) is 59.5. The number of hydrogen-bond donors (Lipinski definition) is 5. The summed E-state index contributed by atoms with van der Waals surface area (Å²) in [5, 5.41) is 21.4. The van der Waals surface area contributed by atoms with Crippen LogP contribution in [0, 0.1) is 40.4 Å². The van der Waals surface area contributed by atoms with Crippen LogP contribution in [0.4, 0.5) is 0 Å². The summed E-state index contributed by atoms with van der Waals surface area (Å²) in [6.45, 7) is 3.54. The third kappa shape index (κ3) is 39.3. The molecule has 9 rings (SSSR count). The molecule has 3 aliphatic carbocycles. The summed E-state index contributed by atoms with van der Waals surface area (Å²) in [7, 11) is -0.952. The number of nitrogens with one attached hydrogen (secondary N) is 1. The van der Waals surface area contributed by atoms with Gasteiger partial charge in [-0.25, -0.2) is 9.05 Å². The average Bonchev–Trinajstić information content (AvgIpc) is 1.45. The van der Waals surface area contributed by atoms with Crippen LogP contribution in [0.3, 0.4) is 0 Å². The molecule has 4 fully saturated rings. The van der Waals surface area contributed by atoms with E-state index in [1.807, 2.05) is 126 Å². The zero-order valence-corrected chi connectivity index (χ0v) is 76.5. The van der Waals surface area contributed by atoms with Gasteiger partial charge in [0.05, 0.1) is 37.7 Å². The molecule has 0 aromatic heterocycles. The summed E-state index contributed by atoms with van der Waals surface area (Å²) >= 11 is 20.0. The van der Waals surface area contributed by atoms with E-state index in [0.717, 1.165) is 61.2 Å². The first-order valence-electron chi connectivity index (χ1n) is 25.4. The molecule has 10 radical (unpaired) electrons. The zero-order valence-electron chi connectivity index (χ0n) is 55.0. The maximum Gasteiger partial charge on any atom is 0.338 e. The van der Waals surface area contributed by atoms with Crippen molar-refractivity contribution in [2.24, 2.45) is 22.2 Å². The van der Waals surface area contributed by atoms with Crippen LogP contribution in [0.25, 0.3) is 0 Å². The Kier molecular flexibility index (Phi) is 86.1. The molecular weight excluding hydrogens is 1760 g/mol. The molecule has 94 heavy (non-hydrogen) atoms. The number of aliphatic hydroxyl groups excluding tert-OH is 1. The van der Waals surface area contributed by atoms with Gasteiger partial charge < -0.3 is 75.4 Å². The van der Waals surface area contributed by atoms with Gasteiger partial charge in [0.15, 0.2) is 20.5 Å². The Bertz CT molecular complexity index is 2720. The molecule has 37 heteroatoms. The number of benzene rings is 4. The maximum absolute atomic E-state index is 13.3. The number of halogens is 2.